The number of amides is 1. The van der Waals surface area contributed by atoms with Gasteiger partial charge in [0.05, 0.1) is 5.56 Å². The van der Waals surface area contributed by atoms with Gasteiger partial charge in [0.25, 0.3) is 15.9 Å². The van der Waals surface area contributed by atoms with Gasteiger partial charge in [-0.1, -0.05) is 78.9 Å². The molecule has 9 nitrogen and oxygen atoms in total. The number of carboxylic acid groups (broad SMARTS) is 1. The quantitative estimate of drug-likeness (QED) is 0.161. The minimum atomic E-state index is -4.48. The van der Waals surface area contributed by atoms with Crippen LogP contribution >= 0.6 is 0 Å². The number of rotatable bonds is 12. The van der Waals surface area contributed by atoms with Gasteiger partial charge in [-0.3, -0.25) is 4.79 Å². The molecular formula is C36H33F3N4O5S. The van der Waals surface area contributed by atoms with Gasteiger partial charge in [0.2, 0.25) is 0 Å². The zero-order valence-corrected chi connectivity index (χ0v) is 27.4. The van der Waals surface area contributed by atoms with Crippen molar-refractivity contribution in [2.75, 3.05) is 13.1 Å². The molecule has 1 atom stereocenters. The molecule has 0 saturated heterocycles. The molecule has 1 aromatic heterocycles. The molecule has 0 spiro atoms. The van der Waals surface area contributed by atoms with Crippen molar-refractivity contribution in [3.8, 4) is 22.3 Å². The van der Waals surface area contributed by atoms with Crippen molar-refractivity contribution in [1.82, 2.24) is 19.2 Å². The highest BCUT2D eigenvalue weighted by Crippen LogP contribution is 2.31. The minimum Gasteiger partial charge on any atom is -0.480 e. The summed E-state index contributed by atoms with van der Waals surface area (Å²) in [4.78, 5) is 31.8. The molecule has 0 saturated carbocycles. The summed E-state index contributed by atoms with van der Waals surface area (Å²) in [6, 6.07) is 26.1. The second-order valence-electron chi connectivity index (χ2n) is 11.4. The van der Waals surface area contributed by atoms with E-state index in [9.17, 15) is 36.3 Å². The largest absolute Gasteiger partial charge is 0.480 e. The van der Waals surface area contributed by atoms with Gasteiger partial charge in [0.1, 0.15) is 11.9 Å². The summed E-state index contributed by atoms with van der Waals surface area (Å²) in [5, 5.41) is 10.1. The maximum atomic E-state index is 13.9. The molecule has 0 bridgehead atoms. The van der Waals surface area contributed by atoms with Crippen LogP contribution in [-0.4, -0.2) is 59.0 Å². The molecule has 5 aromatic rings. The van der Waals surface area contributed by atoms with Crippen LogP contribution in [0.15, 0.2) is 114 Å². The average molecular weight is 691 g/mol. The smallest absolute Gasteiger partial charge is 0.416 e. The fourth-order valence-electron chi connectivity index (χ4n) is 5.27. The molecule has 0 aliphatic carbocycles. The summed E-state index contributed by atoms with van der Waals surface area (Å²) in [7, 11) is -2.42. The monoisotopic (exact) mass is 690 g/mol. The second-order valence-corrected chi connectivity index (χ2v) is 13.1. The van der Waals surface area contributed by atoms with Crippen LogP contribution in [0.1, 0.15) is 27.3 Å². The Morgan fingerprint density at radius 3 is 1.90 bits per heavy atom. The topological polar surface area (TPSA) is 122 Å². The Balaban J connectivity index is 1.40. The summed E-state index contributed by atoms with van der Waals surface area (Å²) >= 11 is 0. The zero-order valence-electron chi connectivity index (χ0n) is 26.6. The fraction of sp³-hybridized carbons (Fsp3) is 0.194. The number of aryl methyl sites for hydroxylation is 2. The van der Waals surface area contributed by atoms with E-state index >= 15 is 0 Å². The third-order valence-corrected chi connectivity index (χ3v) is 9.43. The molecule has 49 heavy (non-hydrogen) atoms. The van der Waals surface area contributed by atoms with Crippen molar-refractivity contribution < 1.29 is 36.3 Å². The van der Waals surface area contributed by atoms with Crippen molar-refractivity contribution in [2.45, 2.75) is 30.6 Å². The first-order chi connectivity index (χ1) is 23.2. The first kappa shape index (κ1) is 35.0. The van der Waals surface area contributed by atoms with E-state index < -0.39 is 39.7 Å². The number of aliphatic carboxylic acids is 1. The summed E-state index contributed by atoms with van der Waals surface area (Å²) in [5.74, 6) is -1.48. The standard InChI is InChI=1S/C36H33F3N4O5S/c1-24-41-33(23-42(24)2)49(47,48)40-20-21-43(32(35(45)46)22-25-8-10-27(11-9-25)26-6-4-3-5-7-26)34(44)30-14-12-28(13-15-30)29-16-18-31(19-17-29)36(37,38)39/h3-19,23,32,40H,20-22H2,1-2H3,(H,45,46)/t32-/m0/s1. The molecule has 0 unspecified atom stereocenters. The Bertz CT molecular complexity index is 2010. The second kappa shape index (κ2) is 14.5. The van der Waals surface area contributed by atoms with Crippen molar-refractivity contribution in [1.29, 1.82) is 0 Å². The Labute approximate surface area is 281 Å². The lowest BCUT2D eigenvalue weighted by molar-refractivity contribution is -0.142. The number of aromatic nitrogens is 2. The number of sulfonamides is 1. The molecule has 0 aliphatic heterocycles. The Hall–Kier alpha value is -5.27. The maximum absolute atomic E-state index is 13.9. The predicted octanol–water partition coefficient (Wildman–Crippen LogP) is 6.20. The predicted molar refractivity (Wildman–Crippen MR) is 178 cm³/mol. The SMILES string of the molecule is Cc1nc(S(=O)(=O)NCCN(C(=O)c2ccc(-c3ccc(C(F)(F)F)cc3)cc2)[C@@H](Cc2ccc(-c3ccccc3)cc2)C(=O)O)cn1C. The molecule has 1 heterocycles. The minimum absolute atomic E-state index is 0.0635. The summed E-state index contributed by atoms with van der Waals surface area (Å²) in [5.41, 5.74) is 2.92. The number of carboxylic acids is 1. The third-order valence-electron chi connectivity index (χ3n) is 8.10. The normalized spacial score (nSPS) is 12.4. The van der Waals surface area contributed by atoms with Gasteiger partial charge in [-0.2, -0.15) is 13.2 Å². The number of alkyl halides is 3. The van der Waals surface area contributed by atoms with Gasteiger partial charge in [-0.25, -0.2) is 22.9 Å². The highest BCUT2D eigenvalue weighted by molar-refractivity contribution is 7.89. The van der Waals surface area contributed by atoms with Crippen LogP contribution in [0.25, 0.3) is 22.3 Å². The molecular weight excluding hydrogens is 657 g/mol. The van der Waals surface area contributed by atoms with E-state index in [1.165, 1.54) is 30.5 Å². The number of imidazole rings is 1. The van der Waals surface area contributed by atoms with Gasteiger partial charge >= 0.3 is 12.1 Å². The molecule has 1 amide bonds. The van der Waals surface area contributed by atoms with Gasteiger partial charge in [0.15, 0.2) is 5.03 Å². The first-order valence-electron chi connectivity index (χ1n) is 15.2. The van der Waals surface area contributed by atoms with Gasteiger partial charge in [-0.05, 0) is 59.0 Å². The fourth-order valence-corrected chi connectivity index (χ4v) is 6.33. The van der Waals surface area contributed by atoms with Crippen LogP contribution < -0.4 is 4.72 Å². The highest BCUT2D eigenvalue weighted by Gasteiger charge is 2.32. The van der Waals surface area contributed by atoms with Gasteiger partial charge < -0.3 is 14.6 Å². The number of hydrogen-bond donors (Lipinski definition) is 2. The number of nitrogens with zero attached hydrogens (tertiary/aromatic N) is 3. The molecule has 0 aliphatic rings. The van der Waals surface area contributed by atoms with Crippen LogP contribution in [0.3, 0.4) is 0 Å². The first-order valence-corrected chi connectivity index (χ1v) is 16.7. The average Bonchev–Trinajstić information content (AvgIpc) is 3.44. The van der Waals surface area contributed by atoms with Gasteiger partial charge in [0, 0.05) is 38.3 Å². The molecule has 0 fully saturated rings. The summed E-state index contributed by atoms with van der Waals surface area (Å²) in [6.45, 7) is 1.06. The van der Waals surface area contributed by atoms with E-state index in [-0.39, 0.29) is 30.1 Å². The molecule has 0 radical (unpaired) electrons. The van der Waals surface area contributed by atoms with E-state index in [2.05, 4.69) is 9.71 Å². The van der Waals surface area contributed by atoms with E-state index in [4.69, 9.17) is 0 Å². The number of carbonyl (C=O) groups is 2. The van der Waals surface area contributed by atoms with E-state index in [0.717, 1.165) is 28.2 Å². The lowest BCUT2D eigenvalue weighted by Crippen LogP contribution is -2.49. The van der Waals surface area contributed by atoms with Crippen molar-refractivity contribution >= 4 is 21.9 Å². The van der Waals surface area contributed by atoms with Crippen molar-refractivity contribution in [3.05, 3.63) is 132 Å². The van der Waals surface area contributed by atoms with E-state index in [1.807, 2.05) is 42.5 Å². The van der Waals surface area contributed by atoms with Crippen LogP contribution in [0, 0.1) is 6.92 Å². The molecule has 4 aromatic carbocycles. The molecule has 13 heteroatoms. The highest BCUT2D eigenvalue weighted by atomic mass is 32.2. The summed E-state index contributed by atoms with van der Waals surface area (Å²) < 4.78 is 68.9. The maximum Gasteiger partial charge on any atom is 0.416 e. The van der Waals surface area contributed by atoms with Crippen LogP contribution in [0.5, 0.6) is 0 Å². The number of benzene rings is 4. The number of hydrogen-bond acceptors (Lipinski definition) is 5. The Morgan fingerprint density at radius 2 is 1.39 bits per heavy atom. The van der Waals surface area contributed by atoms with E-state index in [0.29, 0.717) is 22.5 Å². The van der Waals surface area contributed by atoms with Crippen LogP contribution in [-0.2, 0) is 34.5 Å². The molecule has 5 rings (SSSR count). The zero-order chi connectivity index (χ0) is 35.3. The Kier molecular flexibility index (Phi) is 10.3. The lowest BCUT2D eigenvalue weighted by Gasteiger charge is -2.29. The lowest BCUT2D eigenvalue weighted by atomic mass is 9.99. The number of nitrogens with one attached hydrogen (secondary N) is 1. The van der Waals surface area contributed by atoms with Crippen molar-refractivity contribution in [3.63, 3.8) is 0 Å². The molecule has 2 N–H and O–H groups in total. The molecule has 254 valence electrons. The summed E-state index contributed by atoms with van der Waals surface area (Å²) in [6.07, 6.45) is -3.20. The van der Waals surface area contributed by atoms with Gasteiger partial charge in [-0.15, -0.1) is 0 Å². The number of halogens is 3. The third kappa shape index (κ3) is 8.42. The van der Waals surface area contributed by atoms with E-state index in [1.54, 1.807) is 42.8 Å². The Morgan fingerprint density at radius 1 is 0.857 bits per heavy atom. The number of carbonyl (C=O) groups excluding carboxylic acids is 1. The van der Waals surface area contributed by atoms with Crippen LogP contribution in [0.2, 0.25) is 0 Å². The van der Waals surface area contributed by atoms with Crippen molar-refractivity contribution in [2.24, 2.45) is 7.05 Å². The van der Waals surface area contributed by atoms with Crippen LogP contribution in [0.4, 0.5) is 13.2 Å².